The number of carbonyl (C=O) groups excluding carboxylic acids is 2. The van der Waals surface area contributed by atoms with Crippen molar-refractivity contribution < 1.29 is 19.1 Å². The topological polar surface area (TPSA) is 52.6 Å². The Kier molecular flexibility index (Phi) is 17.5. The summed E-state index contributed by atoms with van der Waals surface area (Å²) in [7, 11) is 0. The third-order valence-electron chi connectivity index (χ3n) is 5.95. The third kappa shape index (κ3) is 15.5. The van der Waals surface area contributed by atoms with Gasteiger partial charge in [0.2, 0.25) is 0 Å². The number of hydrogen-bond acceptors (Lipinski definition) is 4. The van der Waals surface area contributed by atoms with E-state index in [9.17, 15) is 9.59 Å². The van der Waals surface area contributed by atoms with Crippen LogP contribution in [0.3, 0.4) is 0 Å². The van der Waals surface area contributed by atoms with E-state index in [0.29, 0.717) is 13.0 Å². The molecule has 1 rings (SSSR count). The van der Waals surface area contributed by atoms with Crippen LogP contribution in [0.1, 0.15) is 129 Å². The number of ether oxygens (including phenoxy) is 2. The van der Waals surface area contributed by atoms with E-state index in [1.807, 2.05) is 0 Å². The van der Waals surface area contributed by atoms with Gasteiger partial charge in [-0.05, 0) is 31.8 Å². The lowest BCUT2D eigenvalue weighted by Crippen LogP contribution is -2.09. The molecule has 1 heterocycles. The van der Waals surface area contributed by atoms with Crippen LogP contribution in [0.4, 0.5) is 0 Å². The van der Waals surface area contributed by atoms with Gasteiger partial charge in [-0.25, -0.2) is 0 Å². The van der Waals surface area contributed by atoms with Gasteiger partial charge in [0.05, 0.1) is 18.8 Å². The molecule has 4 heteroatoms. The van der Waals surface area contributed by atoms with Crippen LogP contribution in [0.5, 0.6) is 0 Å². The van der Waals surface area contributed by atoms with Crippen molar-refractivity contribution in [1.82, 2.24) is 0 Å². The maximum absolute atomic E-state index is 11.7. The van der Waals surface area contributed by atoms with Crippen molar-refractivity contribution in [3.8, 4) is 0 Å². The average Bonchev–Trinajstić information content (AvgIpc) is 3.15. The average molecular weight is 423 g/mol. The first kappa shape index (κ1) is 26.7. The van der Waals surface area contributed by atoms with Gasteiger partial charge >= 0.3 is 11.9 Å². The molecule has 0 aromatic heterocycles. The highest BCUT2D eigenvalue weighted by Gasteiger charge is 2.20. The van der Waals surface area contributed by atoms with E-state index in [4.69, 9.17) is 9.47 Å². The van der Waals surface area contributed by atoms with Gasteiger partial charge < -0.3 is 9.47 Å². The number of esters is 2. The summed E-state index contributed by atoms with van der Waals surface area (Å²) in [4.78, 5) is 23.0. The Balaban J connectivity index is 1.73. The monoisotopic (exact) mass is 422 g/mol. The van der Waals surface area contributed by atoms with E-state index in [2.05, 4.69) is 6.92 Å². The summed E-state index contributed by atoms with van der Waals surface area (Å²) in [5, 5.41) is 0. The molecule has 0 saturated heterocycles. The van der Waals surface area contributed by atoms with E-state index in [1.54, 1.807) is 6.08 Å². The molecule has 0 aliphatic carbocycles. The molecule has 1 aliphatic heterocycles. The summed E-state index contributed by atoms with van der Waals surface area (Å²) in [6, 6.07) is 0. The summed E-state index contributed by atoms with van der Waals surface area (Å²) >= 11 is 0. The van der Waals surface area contributed by atoms with Crippen LogP contribution in [0.25, 0.3) is 0 Å². The highest BCUT2D eigenvalue weighted by atomic mass is 16.5. The SMILES string of the molecule is CCCCCCCCCCCCCCCCCC(=O)OCCCCC1C=COC1=O. The molecule has 0 N–H and O–H groups in total. The van der Waals surface area contributed by atoms with Crippen molar-refractivity contribution in [3.05, 3.63) is 12.3 Å². The first-order valence-electron chi connectivity index (χ1n) is 12.8. The zero-order valence-corrected chi connectivity index (χ0v) is 19.5. The third-order valence-corrected chi connectivity index (χ3v) is 5.95. The summed E-state index contributed by atoms with van der Waals surface area (Å²) < 4.78 is 10.1. The first-order valence-corrected chi connectivity index (χ1v) is 12.8. The fraction of sp³-hybridized carbons (Fsp3) is 0.846. The minimum absolute atomic E-state index is 0.0788. The maximum atomic E-state index is 11.7. The standard InChI is InChI=1S/C26H46O4/c1-2-3-4-5-6-7-8-9-10-11-12-13-14-15-16-20-25(27)29-22-18-17-19-24-21-23-30-26(24)28/h21,23-24H,2-20,22H2,1H3. The number of hydrogen-bond donors (Lipinski definition) is 0. The minimum atomic E-state index is -0.167. The van der Waals surface area contributed by atoms with Gasteiger partial charge in [-0.1, -0.05) is 96.8 Å². The summed E-state index contributed by atoms with van der Waals surface area (Å²) in [6.45, 7) is 2.73. The molecule has 1 aliphatic rings. The van der Waals surface area contributed by atoms with Crippen molar-refractivity contribution in [2.24, 2.45) is 5.92 Å². The predicted molar refractivity (Wildman–Crippen MR) is 123 cm³/mol. The molecule has 0 spiro atoms. The summed E-state index contributed by atoms with van der Waals surface area (Å²) in [5.74, 6) is -0.356. The quantitative estimate of drug-likeness (QED) is 0.141. The van der Waals surface area contributed by atoms with E-state index in [1.165, 1.54) is 89.7 Å². The molecule has 1 atom stereocenters. The van der Waals surface area contributed by atoms with Crippen LogP contribution in [0, 0.1) is 5.92 Å². The van der Waals surface area contributed by atoms with Gasteiger partial charge in [0.15, 0.2) is 0 Å². The zero-order valence-electron chi connectivity index (χ0n) is 19.5. The van der Waals surface area contributed by atoms with E-state index in [-0.39, 0.29) is 17.9 Å². The van der Waals surface area contributed by atoms with Gasteiger partial charge in [0.1, 0.15) is 0 Å². The van der Waals surface area contributed by atoms with Crippen molar-refractivity contribution in [3.63, 3.8) is 0 Å². The second-order valence-corrected chi connectivity index (χ2v) is 8.79. The van der Waals surface area contributed by atoms with Gasteiger partial charge in [-0.2, -0.15) is 0 Å². The molecule has 4 nitrogen and oxygen atoms in total. The second kappa shape index (κ2) is 19.6. The number of unbranched alkanes of at least 4 members (excludes halogenated alkanes) is 15. The van der Waals surface area contributed by atoms with Gasteiger partial charge in [0, 0.05) is 6.42 Å². The fourth-order valence-corrected chi connectivity index (χ4v) is 3.95. The number of rotatable bonds is 21. The van der Waals surface area contributed by atoms with Crippen LogP contribution in [-0.2, 0) is 19.1 Å². The predicted octanol–water partition coefficient (Wildman–Crippen LogP) is 7.65. The molecule has 0 bridgehead atoms. The Morgan fingerprint density at radius 1 is 0.800 bits per heavy atom. The molecule has 174 valence electrons. The normalized spacial score (nSPS) is 15.5. The van der Waals surface area contributed by atoms with Crippen LogP contribution in [-0.4, -0.2) is 18.5 Å². The van der Waals surface area contributed by atoms with Crippen molar-refractivity contribution >= 4 is 11.9 Å². The molecular weight excluding hydrogens is 376 g/mol. The molecule has 0 aromatic rings. The molecule has 0 amide bonds. The highest BCUT2D eigenvalue weighted by molar-refractivity contribution is 5.77. The largest absolute Gasteiger partial charge is 0.466 e. The lowest BCUT2D eigenvalue weighted by molar-refractivity contribution is -0.144. The van der Waals surface area contributed by atoms with Crippen molar-refractivity contribution in [2.45, 2.75) is 129 Å². The molecule has 0 radical (unpaired) electrons. The van der Waals surface area contributed by atoms with Gasteiger partial charge in [-0.3, -0.25) is 9.59 Å². The number of carbonyl (C=O) groups is 2. The summed E-state index contributed by atoms with van der Waals surface area (Å²) in [5.41, 5.74) is 0. The first-order chi connectivity index (χ1) is 14.7. The fourth-order valence-electron chi connectivity index (χ4n) is 3.95. The highest BCUT2D eigenvalue weighted by Crippen LogP contribution is 2.17. The lowest BCUT2D eigenvalue weighted by atomic mass is 10.0. The molecule has 0 fully saturated rings. The van der Waals surface area contributed by atoms with Crippen LogP contribution < -0.4 is 0 Å². The van der Waals surface area contributed by atoms with Gasteiger partial charge in [-0.15, -0.1) is 0 Å². The molecule has 1 unspecified atom stereocenters. The second-order valence-electron chi connectivity index (χ2n) is 8.79. The van der Waals surface area contributed by atoms with Crippen LogP contribution >= 0.6 is 0 Å². The molecule has 30 heavy (non-hydrogen) atoms. The Morgan fingerprint density at radius 3 is 1.83 bits per heavy atom. The smallest absolute Gasteiger partial charge is 0.317 e. The Labute approximate surface area is 185 Å². The van der Waals surface area contributed by atoms with E-state index in [0.717, 1.165) is 32.1 Å². The Bertz CT molecular complexity index is 458. The molecule has 0 aromatic carbocycles. The van der Waals surface area contributed by atoms with Crippen molar-refractivity contribution in [2.75, 3.05) is 6.61 Å². The molecule has 0 saturated carbocycles. The van der Waals surface area contributed by atoms with Crippen LogP contribution in [0.15, 0.2) is 12.3 Å². The lowest BCUT2D eigenvalue weighted by Gasteiger charge is -2.06. The zero-order chi connectivity index (χ0) is 21.7. The summed E-state index contributed by atoms with van der Waals surface area (Å²) in [6.07, 6.45) is 26.2. The number of cyclic esters (lactones) is 1. The van der Waals surface area contributed by atoms with E-state index < -0.39 is 0 Å². The maximum Gasteiger partial charge on any atom is 0.317 e. The van der Waals surface area contributed by atoms with E-state index >= 15 is 0 Å². The Hall–Kier alpha value is -1.32. The van der Waals surface area contributed by atoms with Crippen molar-refractivity contribution in [1.29, 1.82) is 0 Å². The Morgan fingerprint density at radius 2 is 1.33 bits per heavy atom. The van der Waals surface area contributed by atoms with Crippen LogP contribution in [0.2, 0.25) is 0 Å². The minimum Gasteiger partial charge on any atom is -0.466 e. The van der Waals surface area contributed by atoms with Gasteiger partial charge in [0.25, 0.3) is 0 Å². The molecular formula is C26H46O4.